The first-order valence-corrected chi connectivity index (χ1v) is 7.64. The fourth-order valence-corrected chi connectivity index (χ4v) is 2.87. The van der Waals surface area contributed by atoms with Crippen LogP contribution in [0.3, 0.4) is 0 Å². The Hall–Kier alpha value is -0.940. The zero-order valence-electron chi connectivity index (χ0n) is 12.3. The van der Waals surface area contributed by atoms with E-state index in [1.54, 1.807) is 17.5 Å². The SMILES string of the molecule is CCC(NC(=O)CC(N)CC(C)(C)C)c1nccs1. The molecule has 1 aromatic heterocycles. The molecular formula is C14H25N3OS. The number of aromatic nitrogens is 1. The predicted octanol–water partition coefficient (Wildman–Crippen LogP) is 2.86. The first-order valence-electron chi connectivity index (χ1n) is 6.76. The van der Waals surface area contributed by atoms with E-state index < -0.39 is 0 Å². The third-order valence-corrected chi connectivity index (χ3v) is 3.70. The Morgan fingerprint density at radius 2 is 2.21 bits per heavy atom. The fraction of sp³-hybridized carbons (Fsp3) is 0.714. The molecule has 0 saturated heterocycles. The van der Waals surface area contributed by atoms with Crippen molar-refractivity contribution in [2.45, 2.75) is 59.0 Å². The van der Waals surface area contributed by atoms with Gasteiger partial charge < -0.3 is 11.1 Å². The number of thiazole rings is 1. The third kappa shape index (κ3) is 6.16. The van der Waals surface area contributed by atoms with E-state index >= 15 is 0 Å². The number of carbonyl (C=O) groups excluding carboxylic acids is 1. The number of carbonyl (C=O) groups is 1. The largest absolute Gasteiger partial charge is 0.347 e. The van der Waals surface area contributed by atoms with Gasteiger partial charge in [0.1, 0.15) is 5.01 Å². The molecule has 108 valence electrons. The highest BCUT2D eigenvalue weighted by atomic mass is 32.1. The Kier molecular flexibility index (Phi) is 5.94. The number of nitrogens with one attached hydrogen (secondary N) is 1. The van der Waals surface area contributed by atoms with Crippen molar-refractivity contribution >= 4 is 17.2 Å². The van der Waals surface area contributed by atoms with Crippen LogP contribution < -0.4 is 11.1 Å². The molecular weight excluding hydrogens is 258 g/mol. The normalized spacial score (nSPS) is 15.0. The molecule has 2 atom stereocenters. The van der Waals surface area contributed by atoms with Crippen LogP contribution >= 0.6 is 11.3 Å². The van der Waals surface area contributed by atoms with Crippen LogP contribution in [0.5, 0.6) is 0 Å². The van der Waals surface area contributed by atoms with E-state index in [-0.39, 0.29) is 23.4 Å². The van der Waals surface area contributed by atoms with Crippen molar-refractivity contribution < 1.29 is 4.79 Å². The van der Waals surface area contributed by atoms with Crippen molar-refractivity contribution in [2.24, 2.45) is 11.1 Å². The molecule has 4 nitrogen and oxygen atoms in total. The highest BCUT2D eigenvalue weighted by Gasteiger charge is 2.20. The van der Waals surface area contributed by atoms with Crippen LogP contribution in [0.1, 0.15) is 58.0 Å². The number of nitrogens with two attached hydrogens (primary N) is 1. The number of hydrogen-bond donors (Lipinski definition) is 2. The van der Waals surface area contributed by atoms with Gasteiger partial charge in [0.25, 0.3) is 0 Å². The van der Waals surface area contributed by atoms with E-state index in [0.717, 1.165) is 17.8 Å². The van der Waals surface area contributed by atoms with Gasteiger partial charge >= 0.3 is 0 Å². The highest BCUT2D eigenvalue weighted by Crippen LogP contribution is 2.22. The molecule has 19 heavy (non-hydrogen) atoms. The fourth-order valence-electron chi connectivity index (χ4n) is 2.10. The van der Waals surface area contributed by atoms with E-state index in [0.29, 0.717) is 6.42 Å². The molecule has 1 rings (SSSR count). The summed E-state index contributed by atoms with van der Waals surface area (Å²) in [5.41, 5.74) is 6.17. The number of amides is 1. The van der Waals surface area contributed by atoms with Gasteiger partial charge in [-0.3, -0.25) is 4.79 Å². The van der Waals surface area contributed by atoms with Crippen molar-refractivity contribution in [3.8, 4) is 0 Å². The van der Waals surface area contributed by atoms with Crippen molar-refractivity contribution in [3.63, 3.8) is 0 Å². The average molecular weight is 283 g/mol. The van der Waals surface area contributed by atoms with E-state index in [2.05, 4.69) is 31.1 Å². The molecule has 0 spiro atoms. The molecule has 0 radical (unpaired) electrons. The molecule has 5 heteroatoms. The first kappa shape index (κ1) is 16.1. The summed E-state index contributed by atoms with van der Waals surface area (Å²) in [5.74, 6) is 0.0128. The summed E-state index contributed by atoms with van der Waals surface area (Å²) in [4.78, 5) is 16.2. The molecule has 0 aliphatic rings. The van der Waals surface area contributed by atoms with Crippen LogP contribution in [0, 0.1) is 5.41 Å². The first-order chi connectivity index (χ1) is 8.81. The second kappa shape index (κ2) is 7.01. The minimum atomic E-state index is -0.0891. The molecule has 0 saturated carbocycles. The molecule has 0 fully saturated rings. The zero-order chi connectivity index (χ0) is 14.5. The van der Waals surface area contributed by atoms with Crippen LogP contribution in [0.15, 0.2) is 11.6 Å². The highest BCUT2D eigenvalue weighted by molar-refractivity contribution is 7.09. The van der Waals surface area contributed by atoms with Crippen LogP contribution in [-0.2, 0) is 4.79 Å². The van der Waals surface area contributed by atoms with E-state index in [1.165, 1.54) is 0 Å². The topological polar surface area (TPSA) is 68.0 Å². The maximum absolute atomic E-state index is 12.0. The lowest BCUT2D eigenvalue weighted by Gasteiger charge is -2.23. The lowest BCUT2D eigenvalue weighted by atomic mass is 9.87. The van der Waals surface area contributed by atoms with Crippen molar-refractivity contribution in [3.05, 3.63) is 16.6 Å². The summed E-state index contributed by atoms with van der Waals surface area (Å²) in [6.07, 6.45) is 3.82. The Labute approximate surface area is 119 Å². The van der Waals surface area contributed by atoms with Gasteiger partial charge in [-0.1, -0.05) is 27.7 Å². The molecule has 0 aliphatic heterocycles. The molecule has 1 heterocycles. The molecule has 2 unspecified atom stereocenters. The smallest absolute Gasteiger partial charge is 0.222 e. The molecule has 0 aromatic carbocycles. The quantitative estimate of drug-likeness (QED) is 0.843. The molecule has 1 amide bonds. The van der Waals surface area contributed by atoms with Gasteiger partial charge in [-0.05, 0) is 18.3 Å². The van der Waals surface area contributed by atoms with E-state index in [1.807, 2.05) is 12.3 Å². The standard InChI is InChI=1S/C14H25N3OS/c1-5-11(13-16-6-7-19-13)17-12(18)8-10(15)9-14(2,3)4/h6-7,10-11H,5,8-9,15H2,1-4H3,(H,17,18). The Balaban J connectivity index is 2.46. The molecule has 0 aliphatic carbocycles. The molecule has 1 aromatic rings. The van der Waals surface area contributed by atoms with Crippen LogP contribution in [0.4, 0.5) is 0 Å². The van der Waals surface area contributed by atoms with Gasteiger partial charge in [-0.15, -0.1) is 11.3 Å². The maximum Gasteiger partial charge on any atom is 0.222 e. The van der Waals surface area contributed by atoms with Gasteiger partial charge in [-0.2, -0.15) is 0 Å². The number of hydrogen-bond acceptors (Lipinski definition) is 4. The van der Waals surface area contributed by atoms with Gasteiger partial charge in [0, 0.05) is 24.0 Å². The van der Waals surface area contributed by atoms with Crippen molar-refractivity contribution in [1.82, 2.24) is 10.3 Å². The Morgan fingerprint density at radius 3 is 2.68 bits per heavy atom. The second-order valence-corrected chi connectivity index (χ2v) is 7.05. The summed E-state index contributed by atoms with van der Waals surface area (Å²) in [6.45, 7) is 8.45. The van der Waals surface area contributed by atoms with Crippen LogP contribution in [-0.4, -0.2) is 16.9 Å². The third-order valence-electron chi connectivity index (χ3n) is 2.82. The monoisotopic (exact) mass is 283 g/mol. The zero-order valence-corrected chi connectivity index (χ0v) is 13.1. The van der Waals surface area contributed by atoms with Gasteiger partial charge in [0.15, 0.2) is 0 Å². The van der Waals surface area contributed by atoms with E-state index in [4.69, 9.17) is 5.73 Å². The lowest BCUT2D eigenvalue weighted by molar-refractivity contribution is -0.122. The summed E-state index contributed by atoms with van der Waals surface area (Å²) in [7, 11) is 0. The molecule has 3 N–H and O–H groups in total. The van der Waals surface area contributed by atoms with Crippen LogP contribution in [0.2, 0.25) is 0 Å². The summed E-state index contributed by atoms with van der Waals surface area (Å²) >= 11 is 1.57. The Bertz CT molecular complexity index is 384. The van der Waals surface area contributed by atoms with Gasteiger partial charge in [-0.25, -0.2) is 4.98 Å². The van der Waals surface area contributed by atoms with Gasteiger partial charge in [0.05, 0.1) is 6.04 Å². The minimum Gasteiger partial charge on any atom is -0.347 e. The summed E-state index contributed by atoms with van der Waals surface area (Å²) in [5, 5.41) is 5.90. The second-order valence-electron chi connectivity index (χ2n) is 6.13. The van der Waals surface area contributed by atoms with Crippen molar-refractivity contribution in [2.75, 3.05) is 0 Å². The lowest BCUT2D eigenvalue weighted by Crippen LogP contribution is -2.35. The van der Waals surface area contributed by atoms with E-state index in [9.17, 15) is 4.79 Å². The van der Waals surface area contributed by atoms with Crippen molar-refractivity contribution in [1.29, 1.82) is 0 Å². The van der Waals surface area contributed by atoms with Gasteiger partial charge in [0.2, 0.25) is 5.91 Å². The molecule has 0 bridgehead atoms. The minimum absolute atomic E-state index is 0.00865. The number of nitrogens with zero attached hydrogens (tertiary/aromatic N) is 1. The summed E-state index contributed by atoms with van der Waals surface area (Å²) < 4.78 is 0. The maximum atomic E-state index is 12.0. The summed E-state index contributed by atoms with van der Waals surface area (Å²) in [6, 6.07) is -0.0804. The average Bonchev–Trinajstić information content (AvgIpc) is 2.75. The predicted molar refractivity (Wildman–Crippen MR) is 80.0 cm³/mol. The Morgan fingerprint density at radius 1 is 1.53 bits per heavy atom. The number of rotatable bonds is 6. The van der Waals surface area contributed by atoms with Crippen LogP contribution in [0.25, 0.3) is 0 Å².